The van der Waals surface area contributed by atoms with Crippen molar-refractivity contribution in [1.82, 2.24) is 4.90 Å². The molecule has 0 saturated heterocycles. The molecule has 2 bridgehead atoms. The maximum atomic E-state index is 12.9. The summed E-state index contributed by atoms with van der Waals surface area (Å²) in [5.41, 5.74) is 7.69. The van der Waals surface area contributed by atoms with Crippen LogP contribution < -0.4 is 5.73 Å². The lowest BCUT2D eigenvalue weighted by molar-refractivity contribution is -0.141. The molecule has 4 rings (SSSR count). The average Bonchev–Trinajstić information content (AvgIpc) is 3.16. The first kappa shape index (κ1) is 14.7. The van der Waals surface area contributed by atoms with Crippen LogP contribution >= 0.6 is 0 Å². The topological polar surface area (TPSA) is 63.4 Å². The monoisotopic (exact) mass is 312 g/mol. The number of nitrogens with two attached hydrogens (primary N) is 1. The molecule has 3 aliphatic rings. The highest BCUT2D eigenvalue weighted by atomic mass is 16.2. The van der Waals surface area contributed by atoms with E-state index in [4.69, 9.17) is 5.73 Å². The van der Waals surface area contributed by atoms with Crippen LogP contribution in [0.1, 0.15) is 49.3 Å². The Labute approximate surface area is 137 Å². The maximum absolute atomic E-state index is 12.9. The second kappa shape index (κ2) is 5.66. The lowest BCUT2D eigenvalue weighted by Gasteiger charge is -2.36. The van der Waals surface area contributed by atoms with E-state index in [2.05, 4.69) is 0 Å². The van der Waals surface area contributed by atoms with Crippen LogP contribution in [0.15, 0.2) is 24.3 Å². The third kappa shape index (κ3) is 2.54. The minimum atomic E-state index is -0.592. The van der Waals surface area contributed by atoms with E-state index in [0.717, 1.165) is 29.4 Å². The highest BCUT2D eigenvalue weighted by Crippen LogP contribution is 2.49. The number of hydrogen-bond donors (Lipinski definition) is 1. The zero-order chi connectivity index (χ0) is 16.0. The van der Waals surface area contributed by atoms with Crippen LogP contribution in [0.3, 0.4) is 0 Å². The van der Waals surface area contributed by atoms with Crippen molar-refractivity contribution in [3.8, 4) is 0 Å². The van der Waals surface area contributed by atoms with Crippen LogP contribution in [-0.2, 0) is 16.0 Å². The molecule has 23 heavy (non-hydrogen) atoms. The first-order valence-corrected chi connectivity index (χ1v) is 8.80. The van der Waals surface area contributed by atoms with Gasteiger partial charge in [-0.25, -0.2) is 0 Å². The van der Waals surface area contributed by atoms with E-state index in [1.54, 1.807) is 4.90 Å². The van der Waals surface area contributed by atoms with Gasteiger partial charge in [0.1, 0.15) is 6.04 Å². The quantitative estimate of drug-likeness (QED) is 0.931. The summed E-state index contributed by atoms with van der Waals surface area (Å²) in [5, 5.41) is 0. The number of fused-ring (bicyclic) bond motifs is 3. The van der Waals surface area contributed by atoms with E-state index in [1.807, 2.05) is 24.3 Å². The summed E-state index contributed by atoms with van der Waals surface area (Å²) in [6, 6.07) is 7.26. The van der Waals surface area contributed by atoms with Crippen molar-refractivity contribution in [2.75, 3.05) is 6.54 Å². The summed E-state index contributed by atoms with van der Waals surface area (Å²) in [6.07, 6.45) is 6.53. The zero-order valence-corrected chi connectivity index (χ0v) is 13.4. The van der Waals surface area contributed by atoms with Crippen LogP contribution in [0.2, 0.25) is 0 Å². The van der Waals surface area contributed by atoms with Gasteiger partial charge in [-0.15, -0.1) is 0 Å². The van der Waals surface area contributed by atoms with Crippen molar-refractivity contribution in [3.63, 3.8) is 0 Å². The molecule has 0 spiro atoms. The predicted octanol–water partition coefficient (Wildman–Crippen LogP) is 2.42. The lowest BCUT2D eigenvalue weighted by Crippen LogP contribution is -2.46. The SMILES string of the molecule is NC(=O)C1c2ccccc2CCN1C(=O)CC1CC2CCC1C2. The molecule has 4 atom stereocenters. The van der Waals surface area contributed by atoms with E-state index >= 15 is 0 Å². The van der Waals surface area contributed by atoms with E-state index in [0.29, 0.717) is 18.9 Å². The molecule has 2 N–H and O–H groups in total. The molecule has 4 nitrogen and oxygen atoms in total. The van der Waals surface area contributed by atoms with Crippen LogP contribution in [0.5, 0.6) is 0 Å². The van der Waals surface area contributed by atoms with Crippen LogP contribution in [0, 0.1) is 17.8 Å². The van der Waals surface area contributed by atoms with Crippen LogP contribution in [0.4, 0.5) is 0 Å². The van der Waals surface area contributed by atoms with Gasteiger partial charge in [0.05, 0.1) is 0 Å². The fourth-order valence-electron chi connectivity index (χ4n) is 5.11. The number of primary amides is 1. The van der Waals surface area contributed by atoms with Gasteiger partial charge < -0.3 is 10.6 Å². The van der Waals surface area contributed by atoms with Gasteiger partial charge in [-0.2, -0.15) is 0 Å². The normalized spacial score (nSPS) is 31.9. The fraction of sp³-hybridized carbons (Fsp3) is 0.579. The Balaban J connectivity index is 1.53. The summed E-state index contributed by atoms with van der Waals surface area (Å²) in [4.78, 5) is 26.6. The summed E-state index contributed by atoms with van der Waals surface area (Å²) < 4.78 is 0. The number of carbonyl (C=O) groups excluding carboxylic acids is 2. The second-order valence-corrected chi connectivity index (χ2v) is 7.48. The van der Waals surface area contributed by atoms with Crippen LogP contribution in [-0.4, -0.2) is 23.3 Å². The smallest absolute Gasteiger partial charge is 0.244 e. The van der Waals surface area contributed by atoms with Gasteiger partial charge in [0.2, 0.25) is 11.8 Å². The van der Waals surface area contributed by atoms with E-state index < -0.39 is 11.9 Å². The van der Waals surface area contributed by atoms with Crippen molar-refractivity contribution in [2.45, 2.75) is 44.6 Å². The molecular formula is C19H24N2O2. The summed E-state index contributed by atoms with van der Waals surface area (Å²) in [6.45, 7) is 0.601. The maximum Gasteiger partial charge on any atom is 0.244 e. The van der Waals surface area contributed by atoms with Gasteiger partial charge in [-0.1, -0.05) is 30.7 Å². The van der Waals surface area contributed by atoms with E-state index in [9.17, 15) is 9.59 Å². The van der Waals surface area contributed by atoms with Gasteiger partial charge in [0.15, 0.2) is 0 Å². The molecule has 1 aromatic carbocycles. The molecule has 1 aromatic rings. The first-order valence-electron chi connectivity index (χ1n) is 8.80. The lowest BCUT2D eigenvalue weighted by atomic mass is 9.85. The number of amides is 2. The third-order valence-corrected chi connectivity index (χ3v) is 6.19. The molecule has 0 radical (unpaired) electrons. The van der Waals surface area contributed by atoms with Gasteiger partial charge in [-0.3, -0.25) is 9.59 Å². The second-order valence-electron chi connectivity index (χ2n) is 7.48. The van der Waals surface area contributed by atoms with Gasteiger partial charge >= 0.3 is 0 Å². The van der Waals surface area contributed by atoms with E-state index in [-0.39, 0.29) is 5.91 Å². The van der Waals surface area contributed by atoms with Gasteiger partial charge in [0.25, 0.3) is 0 Å². The minimum Gasteiger partial charge on any atom is -0.368 e. The Bertz CT molecular complexity index is 642. The molecule has 4 heteroatoms. The molecule has 2 amide bonds. The average molecular weight is 312 g/mol. The Kier molecular flexibility index (Phi) is 3.63. The first-order chi connectivity index (χ1) is 11.1. The Morgan fingerprint density at radius 3 is 2.70 bits per heavy atom. The largest absolute Gasteiger partial charge is 0.368 e. The van der Waals surface area contributed by atoms with Crippen molar-refractivity contribution in [2.24, 2.45) is 23.5 Å². The minimum absolute atomic E-state index is 0.112. The Morgan fingerprint density at radius 2 is 2.00 bits per heavy atom. The molecule has 1 aliphatic heterocycles. The predicted molar refractivity (Wildman–Crippen MR) is 87.3 cm³/mol. The Morgan fingerprint density at radius 1 is 1.17 bits per heavy atom. The van der Waals surface area contributed by atoms with Crippen molar-refractivity contribution >= 4 is 11.8 Å². The van der Waals surface area contributed by atoms with Crippen LogP contribution in [0.25, 0.3) is 0 Å². The van der Waals surface area contributed by atoms with Gasteiger partial charge in [0, 0.05) is 13.0 Å². The molecule has 1 heterocycles. The molecule has 2 saturated carbocycles. The molecule has 2 fully saturated rings. The molecule has 122 valence electrons. The number of nitrogens with zero attached hydrogens (tertiary/aromatic N) is 1. The number of benzene rings is 1. The highest BCUT2D eigenvalue weighted by Gasteiger charge is 2.42. The number of carbonyl (C=O) groups is 2. The Hall–Kier alpha value is -1.84. The molecule has 0 aromatic heterocycles. The molecule has 4 unspecified atom stereocenters. The summed E-state index contributed by atoms with van der Waals surface area (Å²) >= 11 is 0. The summed E-state index contributed by atoms with van der Waals surface area (Å²) in [5.74, 6) is 1.78. The van der Waals surface area contributed by atoms with Crippen molar-refractivity contribution < 1.29 is 9.59 Å². The molecule has 2 aliphatic carbocycles. The van der Waals surface area contributed by atoms with Crippen molar-refractivity contribution in [1.29, 1.82) is 0 Å². The highest BCUT2D eigenvalue weighted by molar-refractivity contribution is 5.88. The standard InChI is InChI=1S/C19H24N2O2/c20-19(23)18-16-4-2-1-3-13(16)7-8-21(18)17(22)11-15-10-12-5-6-14(15)9-12/h1-4,12,14-15,18H,5-11H2,(H2,20,23). The van der Waals surface area contributed by atoms with E-state index in [1.165, 1.54) is 25.7 Å². The number of rotatable bonds is 3. The zero-order valence-electron chi connectivity index (χ0n) is 13.4. The molecular weight excluding hydrogens is 288 g/mol. The number of hydrogen-bond acceptors (Lipinski definition) is 2. The van der Waals surface area contributed by atoms with Gasteiger partial charge in [-0.05, 0) is 54.6 Å². The summed E-state index contributed by atoms with van der Waals surface area (Å²) in [7, 11) is 0. The third-order valence-electron chi connectivity index (χ3n) is 6.19. The van der Waals surface area contributed by atoms with Crippen molar-refractivity contribution in [3.05, 3.63) is 35.4 Å². The fourth-order valence-corrected chi connectivity index (χ4v) is 5.11.